The van der Waals surface area contributed by atoms with Gasteiger partial charge in [-0.25, -0.2) is 12.8 Å². The van der Waals surface area contributed by atoms with Gasteiger partial charge in [0.05, 0.1) is 10.8 Å². The molecule has 1 aromatic carbocycles. The zero-order valence-corrected chi connectivity index (χ0v) is 11.0. The quantitative estimate of drug-likeness (QED) is 0.830. The maximum absolute atomic E-state index is 12.9. The first kappa shape index (κ1) is 13.5. The molecule has 0 bridgehead atoms. The maximum atomic E-state index is 12.9. The average Bonchev–Trinajstić information content (AvgIpc) is 2.98. The van der Waals surface area contributed by atoms with Gasteiger partial charge in [0.25, 0.3) is 0 Å². The molecular weight excluding hydrogens is 255 g/mol. The number of hydrogen-bond acceptors (Lipinski definition) is 4. The largest absolute Gasteiger partial charge is 0.329 e. The van der Waals surface area contributed by atoms with E-state index in [1.807, 2.05) is 0 Å². The molecule has 1 aromatic rings. The second kappa shape index (κ2) is 4.29. The molecule has 1 fully saturated rings. The van der Waals surface area contributed by atoms with Crippen molar-refractivity contribution in [2.24, 2.45) is 11.5 Å². The van der Waals surface area contributed by atoms with Gasteiger partial charge in [0.15, 0.2) is 9.84 Å². The van der Waals surface area contributed by atoms with E-state index in [1.165, 1.54) is 12.1 Å². The lowest BCUT2D eigenvalue weighted by molar-refractivity contribution is 0.587. The van der Waals surface area contributed by atoms with Crippen LogP contribution in [0.5, 0.6) is 0 Å². The highest BCUT2D eigenvalue weighted by molar-refractivity contribution is 7.92. The van der Waals surface area contributed by atoms with Crippen molar-refractivity contribution in [2.75, 3.05) is 12.3 Å². The summed E-state index contributed by atoms with van der Waals surface area (Å²) in [6, 6.07) is 5.76. The van der Waals surface area contributed by atoms with Crippen LogP contribution in [-0.2, 0) is 9.84 Å². The zero-order valence-electron chi connectivity index (χ0n) is 10.1. The summed E-state index contributed by atoms with van der Waals surface area (Å²) in [5.41, 5.74) is 11.5. The van der Waals surface area contributed by atoms with Crippen LogP contribution in [0.2, 0.25) is 0 Å². The Bertz CT molecular complexity index is 544. The van der Waals surface area contributed by atoms with Crippen LogP contribution in [0.25, 0.3) is 0 Å². The van der Waals surface area contributed by atoms with Gasteiger partial charge in [-0.2, -0.15) is 0 Å². The lowest BCUT2D eigenvalue weighted by Gasteiger charge is -2.07. The van der Waals surface area contributed by atoms with Gasteiger partial charge in [-0.15, -0.1) is 0 Å². The number of nitrogens with two attached hydrogens (primary N) is 2. The van der Waals surface area contributed by atoms with E-state index < -0.39 is 20.6 Å². The Balaban J connectivity index is 2.37. The second-order valence-electron chi connectivity index (χ2n) is 4.72. The lowest BCUT2D eigenvalue weighted by Crippen LogP contribution is -2.39. The van der Waals surface area contributed by atoms with Crippen LogP contribution >= 0.6 is 0 Å². The minimum Gasteiger partial charge on any atom is -0.329 e. The van der Waals surface area contributed by atoms with Gasteiger partial charge < -0.3 is 11.5 Å². The molecule has 100 valence electrons. The van der Waals surface area contributed by atoms with E-state index >= 15 is 0 Å². The number of hydrogen-bond donors (Lipinski definition) is 2. The third kappa shape index (κ3) is 1.94. The van der Waals surface area contributed by atoms with Crippen LogP contribution in [0.15, 0.2) is 24.3 Å². The highest BCUT2D eigenvalue weighted by Gasteiger charge is 2.67. The summed E-state index contributed by atoms with van der Waals surface area (Å²) in [6.45, 7) is 1.69. The van der Waals surface area contributed by atoms with E-state index in [4.69, 9.17) is 11.5 Å². The first-order valence-electron chi connectivity index (χ1n) is 5.83. The topological polar surface area (TPSA) is 86.2 Å². The molecule has 0 aliphatic heterocycles. The third-order valence-corrected chi connectivity index (χ3v) is 5.96. The van der Waals surface area contributed by atoms with E-state index in [0.29, 0.717) is 0 Å². The molecule has 0 heterocycles. The molecule has 6 heteroatoms. The third-order valence-electron chi connectivity index (χ3n) is 3.67. The Morgan fingerprint density at radius 1 is 1.33 bits per heavy atom. The Labute approximate surface area is 106 Å². The molecule has 0 radical (unpaired) electrons. The Morgan fingerprint density at radius 2 is 1.89 bits per heavy atom. The summed E-state index contributed by atoms with van der Waals surface area (Å²) in [7, 11) is -3.25. The molecule has 1 aliphatic carbocycles. The van der Waals surface area contributed by atoms with Gasteiger partial charge in [0, 0.05) is 18.2 Å². The van der Waals surface area contributed by atoms with Crippen LogP contribution in [-0.4, -0.2) is 31.5 Å². The predicted octanol–water partition coefficient (Wildman–Crippen LogP) is 0.382. The minimum absolute atomic E-state index is 0.0360. The molecule has 0 aromatic heterocycles. The normalized spacial score (nSPS) is 31.3. The summed E-state index contributed by atoms with van der Waals surface area (Å²) < 4.78 is 36.8. The summed E-state index contributed by atoms with van der Waals surface area (Å²) in [4.78, 5) is 0. The van der Waals surface area contributed by atoms with Crippen molar-refractivity contribution in [2.45, 2.75) is 23.6 Å². The van der Waals surface area contributed by atoms with Crippen molar-refractivity contribution in [3.63, 3.8) is 0 Å². The van der Waals surface area contributed by atoms with Crippen molar-refractivity contribution in [1.82, 2.24) is 0 Å². The summed E-state index contributed by atoms with van der Waals surface area (Å²) in [5.74, 6) is -0.661. The zero-order chi connectivity index (χ0) is 13.6. The highest BCUT2D eigenvalue weighted by Crippen LogP contribution is 2.53. The average molecular weight is 272 g/mol. The highest BCUT2D eigenvalue weighted by atomic mass is 32.2. The van der Waals surface area contributed by atoms with E-state index in [9.17, 15) is 12.8 Å². The summed E-state index contributed by atoms with van der Waals surface area (Å²) in [6.07, 6.45) is 0. The van der Waals surface area contributed by atoms with Gasteiger partial charge >= 0.3 is 0 Å². The first-order chi connectivity index (χ1) is 8.36. The lowest BCUT2D eigenvalue weighted by atomic mass is 10.1. The standard InChI is InChI=1S/C12H17FN2O2S/c1-2-18(16,17)11-10(12(11,15)7-14)8-3-5-9(13)6-4-8/h3-6,10-11H,2,7,14-15H2,1H3. The van der Waals surface area contributed by atoms with E-state index in [2.05, 4.69) is 0 Å². The summed E-state index contributed by atoms with van der Waals surface area (Å²) >= 11 is 0. The van der Waals surface area contributed by atoms with Crippen molar-refractivity contribution < 1.29 is 12.8 Å². The predicted molar refractivity (Wildman–Crippen MR) is 68.4 cm³/mol. The van der Waals surface area contributed by atoms with Crippen molar-refractivity contribution in [1.29, 1.82) is 0 Å². The van der Waals surface area contributed by atoms with Crippen LogP contribution in [0.1, 0.15) is 18.4 Å². The van der Waals surface area contributed by atoms with Gasteiger partial charge in [-0.05, 0) is 17.7 Å². The molecule has 3 unspecified atom stereocenters. The first-order valence-corrected chi connectivity index (χ1v) is 7.54. The molecule has 0 saturated heterocycles. The second-order valence-corrected chi connectivity index (χ2v) is 7.13. The monoisotopic (exact) mass is 272 g/mol. The Kier molecular flexibility index (Phi) is 3.21. The molecule has 0 amide bonds. The molecule has 4 nitrogen and oxygen atoms in total. The van der Waals surface area contributed by atoms with E-state index in [-0.39, 0.29) is 24.0 Å². The minimum atomic E-state index is -3.25. The number of benzene rings is 1. The molecule has 18 heavy (non-hydrogen) atoms. The Hall–Kier alpha value is -0.980. The van der Waals surface area contributed by atoms with Gasteiger partial charge in [-0.1, -0.05) is 19.1 Å². The van der Waals surface area contributed by atoms with Crippen LogP contribution < -0.4 is 11.5 Å². The number of rotatable bonds is 4. The fourth-order valence-electron chi connectivity index (χ4n) is 2.54. The summed E-state index contributed by atoms with van der Waals surface area (Å²) in [5, 5.41) is -0.662. The van der Waals surface area contributed by atoms with Crippen molar-refractivity contribution >= 4 is 9.84 Å². The van der Waals surface area contributed by atoms with Crippen molar-refractivity contribution in [3.05, 3.63) is 35.6 Å². The fourth-order valence-corrected chi connectivity index (χ4v) is 4.56. The van der Waals surface area contributed by atoms with Gasteiger partial charge in [0.1, 0.15) is 5.82 Å². The van der Waals surface area contributed by atoms with Gasteiger partial charge in [0.2, 0.25) is 0 Å². The molecular formula is C12H17FN2O2S. The van der Waals surface area contributed by atoms with Gasteiger partial charge in [-0.3, -0.25) is 0 Å². The fraction of sp³-hybridized carbons (Fsp3) is 0.500. The van der Waals surface area contributed by atoms with Crippen LogP contribution in [0.4, 0.5) is 4.39 Å². The van der Waals surface area contributed by atoms with Crippen LogP contribution in [0, 0.1) is 5.82 Å². The van der Waals surface area contributed by atoms with E-state index in [0.717, 1.165) is 5.56 Å². The Morgan fingerprint density at radius 3 is 2.33 bits per heavy atom. The molecule has 3 atom stereocenters. The van der Waals surface area contributed by atoms with E-state index in [1.54, 1.807) is 19.1 Å². The number of sulfone groups is 1. The molecule has 1 aliphatic rings. The molecule has 2 rings (SSSR count). The smallest absolute Gasteiger partial charge is 0.155 e. The molecule has 0 spiro atoms. The molecule has 4 N–H and O–H groups in total. The van der Waals surface area contributed by atoms with Crippen LogP contribution in [0.3, 0.4) is 0 Å². The molecule has 1 saturated carbocycles. The van der Waals surface area contributed by atoms with Crippen molar-refractivity contribution in [3.8, 4) is 0 Å². The number of halogens is 1. The SMILES string of the molecule is CCS(=O)(=O)C1C(c2ccc(F)cc2)C1(N)CN. The maximum Gasteiger partial charge on any atom is 0.155 e.